The SMILES string of the molecule is CC(C)(C)OC(=O)N1CCC2(C=Cc3ccc(Br)cc32)CC1.CC(C)(C)OC(=O)N1CCC2(C=Cc3ccc(C=O)cc32)CC1.CC(C)(C)OC(=O)N1CCC2(CCc3ccc(CN)cc32)CC1. The Morgan fingerprint density at radius 2 is 1.03 bits per heavy atom. The second-order valence-electron chi connectivity index (χ2n) is 22.6. The zero-order chi connectivity index (χ0) is 49.3. The van der Waals surface area contributed by atoms with E-state index in [0.29, 0.717) is 25.2 Å². The van der Waals surface area contributed by atoms with Crippen molar-refractivity contribution in [2.75, 3.05) is 39.3 Å². The molecule has 11 nitrogen and oxygen atoms in total. The number of hydrogen-bond donors (Lipinski definition) is 1. The zero-order valence-electron chi connectivity index (χ0n) is 41.8. The van der Waals surface area contributed by atoms with Crippen LogP contribution in [-0.2, 0) is 43.4 Å². The number of fused-ring (bicyclic) bond motifs is 6. The van der Waals surface area contributed by atoms with Gasteiger partial charge in [-0.25, -0.2) is 14.4 Å². The Labute approximate surface area is 412 Å². The van der Waals surface area contributed by atoms with Crippen LogP contribution in [0.3, 0.4) is 0 Å². The highest BCUT2D eigenvalue weighted by Gasteiger charge is 2.44. The van der Waals surface area contributed by atoms with Crippen molar-refractivity contribution in [1.29, 1.82) is 0 Å². The summed E-state index contributed by atoms with van der Waals surface area (Å²) < 4.78 is 17.6. The van der Waals surface area contributed by atoms with Crippen LogP contribution < -0.4 is 5.73 Å². The number of aldehydes is 1. The molecule has 3 heterocycles. The third-order valence-corrected chi connectivity index (χ3v) is 14.8. The predicted molar refractivity (Wildman–Crippen MR) is 273 cm³/mol. The molecule has 0 radical (unpaired) electrons. The van der Waals surface area contributed by atoms with Gasteiger partial charge in [-0.1, -0.05) is 76.6 Å². The Balaban J connectivity index is 0.000000151. The van der Waals surface area contributed by atoms with Gasteiger partial charge < -0.3 is 34.6 Å². The molecule has 3 fully saturated rings. The Morgan fingerprint density at radius 3 is 1.47 bits per heavy atom. The van der Waals surface area contributed by atoms with Gasteiger partial charge in [0, 0.05) is 66.7 Å². The fourth-order valence-electron chi connectivity index (χ4n) is 10.6. The number of carbonyl (C=O) groups is 4. The van der Waals surface area contributed by atoms with Gasteiger partial charge in [0.2, 0.25) is 0 Å². The molecule has 0 atom stereocenters. The fourth-order valence-corrected chi connectivity index (χ4v) is 11.0. The van der Waals surface area contributed by atoms with Gasteiger partial charge in [0.25, 0.3) is 0 Å². The average Bonchev–Trinajstić information content (AvgIpc) is 3.93. The number of piperidine rings is 3. The number of ether oxygens (including phenoxy) is 3. The largest absolute Gasteiger partial charge is 0.444 e. The Morgan fingerprint density at radius 1 is 0.588 bits per heavy atom. The van der Waals surface area contributed by atoms with Crippen LogP contribution in [0.1, 0.15) is 157 Å². The van der Waals surface area contributed by atoms with Crippen molar-refractivity contribution in [3.05, 3.63) is 116 Å². The van der Waals surface area contributed by atoms with Gasteiger partial charge in [0.15, 0.2) is 0 Å². The summed E-state index contributed by atoms with van der Waals surface area (Å²) >= 11 is 3.57. The van der Waals surface area contributed by atoms with E-state index in [-0.39, 0.29) is 34.5 Å². The lowest BCUT2D eigenvalue weighted by Crippen LogP contribution is -2.46. The Hall–Kier alpha value is -4.94. The van der Waals surface area contributed by atoms with E-state index in [1.807, 2.05) is 90.3 Å². The molecule has 0 aromatic heterocycles. The van der Waals surface area contributed by atoms with Crippen LogP contribution in [0, 0.1) is 0 Å². The molecule has 3 aromatic carbocycles. The number of allylic oxidation sites excluding steroid dienone is 2. The molecule has 3 aliphatic heterocycles. The van der Waals surface area contributed by atoms with Crippen LogP contribution in [0.25, 0.3) is 12.2 Å². The molecule has 6 aliphatic rings. The van der Waals surface area contributed by atoms with E-state index >= 15 is 0 Å². The molecule has 3 amide bonds. The highest BCUT2D eigenvalue weighted by molar-refractivity contribution is 9.10. The quantitative estimate of drug-likeness (QED) is 0.198. The number of halogens is 1. The first-order chi connectivity index (χ1) is 31.9. The number of nitrogens with two attached hydrogens (primary N) is 1. The smallest absolute Gasteiger partial charge is 0.410 e. The molecule has 0 bridgehead atoms. The molecule has 3 aliphatic carbocycles. The van der Waals surface area contributed by atoms with Gasteiger partial charge in [-0.2, -0.15) is 0 Å². The summed E-state index contributed by atoms with van der Waals surface area (Å²) in [6.45, 7) is 22.1. The molecule has 0 unspecified atom stereocenters. The Kier molecular flexibility index (Phi) is 14.8. The molecule has 9 rings (SSSR count). The number of carbonyl (C=O) groups excluding carboxylic acids is 4. The predicted octanol–water partition coefficient (Wildman–Crippen LogP) is 11.9. The van der Waals surface area contributed by atoms with E-state index in [0.717, 1.165) is 81.9 Å². The minimum atomic E-state index is -0.467. The van der Waals surface area contributed by atoms with E-state index in [1.54, 1.807) is 4.90 Å². The van der Waals surface area contributed by atoms with E-state index < -0.39 is 16.8 Å². The van der Waals surface area contributed by atoms with Crippen LogP contribution in [0.4, 0.5) is 14.4 Å². The first-order valence-corrected chi connectivity index (χ1v) is 25.3. The fraction of sp³-hybridized carbons (Fsp3) is 0.536. The maximum Gasteiger partial charge on any atom is 0.410 e. The molecule has 0 saturated carbocycles. The van der Waals surface area contributed by atoms with Crippen molar-refractivity contribution in [2.24, 2.45) is 5.73 Å². The number of aryl methyl sites for hydroxylation is 1. The van der Waals surface area contributed by atoms with E-state index in [9.17, 15) is 19.2 Å². The lowest BCUT2D eigenvalue weighted by atomic mass is 9.73. The lowest BCUT2D eigenvalue weighted by molar-refractivity contribution is 0.0157. The van der Waals surface area contributed by atoms with E-state index in [1.165, 1.54) is 45.4 Å². The van der Waals surface area contributed by atoms with Crippen molar-refractivity contribution < 1.29 is 33.4 Å². The zero-order valence-corrected chi connectivity index (χ0v) is 43.4. The summed E-state index contributed by atoms with van der Waals surface area (Å²) in [6.07, 6.45) is 17.2. The number of likely N-dealkylation sites (tertiary alicyclic amines) is 3. The van der Waals surface area contributed by atoms with Gasteiger partial charge in [-0.05, 0) is 176 Å². The number of benzene rings is 3. The standard InChI is InChI=1S/C19H28N2O2.C19H23NO3.C18H22BrNO2/c1-18(2,3)23-17(22)21-10-8-19(9-11-21)7-6-15-5-4-14(13-20)12-16(15)19;1-18(2,3)23-17(22)20-10-8-19(9-11-20)7-6-15-5-4-14(13-21)12-16(15)19;1-17(2,3)22-16(21)20-10-8-18(9-11-20)7-6-13-4-5-14(19)12-15(13)18/h4-5,12H,6-11,13,20H2,1-3H3;4-7,12-13H,8-11H2,1-3H3;4-7,12H,8-11H2,1-3H3. The lowest BCUT2D eigenvalue weighted by Gasteiger charge is -2.40. The molecule has 2 N–H and O–H groups in total. The number of rotatable bonds is 2. The molecular formula is C56H73BrN4O7. The highest BCUT2D eigenvalue weighted by Crippen LogP contribution is 2.48. The average molecular weight is 994 g/mol. The van der Waals surface area contributed by atoms with E-state index in [2.05, 4.69) is 76.6 Å². The monoisotopic (exact) mass is 992 g/mol. The molecule has 3 spiro atoms. The maximum atomic E-state index is 12.3. The maximum absolute atomic E-state index is 12.3. The molecule has 3 aromatic rings. The first-order valence-electron chi connectivity index (χ1n) is 24.5. The number of amides is 3. The third kappa shape index (κ3) is 11.7. The van der Waals surface area contributed by atoms with Gasteiger partial charge in [0.1, 0.15) is 23.1 Å². The highest BCUT2D eigenvalue weighted by atomic mass is 79.9. The second kappa shape index (κ2) is 19.8. The molecular weight excluding hydrogens is 921 g/mol. The van der Waals surface area contributed by atoms with Crippen LogP contribution >= 0.6 is 15.9 Å². The summed E-state index contributed by atoms with van der Waals surface area (Å²) in [6, 6.07) is 19.0. The van der Waals surface area contributed by atoms with Gasteiger partial charge in [0.05, 0.1) is 0 Å². The van der Waals surface area contributed by atoms with Gasteiger partial charge in [-0.15, -0.1) is 0 Å². The minimum Gasteiger partial charge on any atom is -0.444 e. The number of nitrogens with zero attached hydrogens (tertiary/aromatic N) is 3. The molecule has 12 heteroatoms. The molecule has 3 saturated heterocycles. The summed E-state index contributed by atoms with van der Waals surface area (Å²) in [7, 11) is 0. The number of hydrogen-bond acceptors (Lipinski definition) is 8. The summed E-state index contributed by atoms with van der Waals surface area (Å²) in [5, 5.41) is 0. The van der Waals surface area contributed by atoms with Crippen LogP contribution in [-0.4, -0.2) is 95.3 Å². The van der Waals surface area contributed by atoms with Gasteiger partial charge in [-0.3, -0.25) is 4.79 Å². The summed E-state index contributed by atoms with van der Waals surface area (Å²) in [5.74, 6) is 0. The minimum absolute atomic E-state index is 0.0487. The summed E-state index contributed by atoms with van der Waals surface area (Å²) in [5.41, 5.74) is 14.7. The van der Waals surface area contributed by atoms with Crippen molar-refractivity contribution in [3.8, 4) is 0 Å². The van der Waals surface area contributed by atoms with Gasteiger partial charge >= 0.3 is 18.3 Å². The van der Waals surface area contributed by atoms with Crippen molar-refractivity contribution in [3.63, 3.8) is 0 Å². The normalized spacial score (nSPS) is 19.3. The van der Waals surface area contributed by atoms with Crippen molar-refractivity contribution in [1.82, 2.24) is 14.7 Å². The summed E-state index contributed by atoms with van der Waals surface area (Å²) in [4.78, 5) is 53.2. The topological polar surface area (TPSA) is 132 Å². The van der Waals surface area contributed by atoms with Crippen molar-refractivity contribution in [2.45, 2.75) is 153 Å². The van der Waals surface area contributed by atoms with Crippen LogP contribution in [0.15, 0.2) is 71.2 Å². The Bertz CT molecular complexity index is 2420. The van der Waals surface area contributed by atoms with E-state index in [4.69, 9.17) is 19.9 Å². The molecule has 68 heavy (non-hydrogen) atoms. The van der Waals surface area contributed by atoms with Crippen LogP contribution in [0.2, 0.25) is 0 Å². The second-order valence-corrected chi connectivity index (χ2v) is 23.5. The third-order valence-electron chi connectivity index (χ3n) is 14.3. The first kappa shape index (κ1) is 50.9. The molecule has 366 valence electrons. The van der Waals surface area contributed by atoms with Crippen LogP contribution in [0.5, 0.6) is 0 Å². The van der Waals surface area contributed by atoms with Crippen molar-refractivity contribution >= 4 is 52.6 Å².